The molecule has 1 aromatic heterocycles. The number of hydrogen-bond acceptors (Lipinski definition) is 6. The van der Waals surface area contributed by atoms with Gasteiger partial charge in [0, 0.05) is 4.88 Å². The summed E-state index contributed by atoms with van der Waals surface area (Å²) in [4.78, 5) is 14.1. The molecule has 0 saturated heterocycles. The zero-order chi connectivity index (χ0) is 27.2. The van der Waals surface area contributed by atoms with Crippen molar-refractivity contribution in [2.75, 3.05) is 11.9 Å². The van der Waals surface area contributed by atoms with Crippen LogP contribution in [0.4, 0.5) is 5.00 Å². The first-order valence-corrected chi connectivity index (χ1v) is 13.8. The van der Waals surface area contributed by atoms with Crippen LogP contribution in [0.3, 0.4) is 0 Å². The van der Waals surface area contributed by atoms with E-state index in [0.717, 1.165) is 47.1 Å². The lowest BCUT2D eigenvalue weighted by Gasteiger charge is -2.13. The normalized spacial score (nSPS) is 12.7. The number of nitrogens with zero attached hydrogens (tertiary/aromatic N) is 2. The van der Waals surface area contributed by atoms with Crippen LogP contribution in [0.1, 0.15) is 46.9 Å². The molecule has 0 radical (unpaired) electrons. The molecule has 0 bridgehead atoms. The van der Waals surface area contributed by atoms with Gasteiger partial charge in [-0.1, -0.05) is 42.5 Å². The van der Waals surface area contributed by atoms with E-state index in [9.17, 15) is 15.3 Å². The van der Waals surface area contributed by atoms with Gasteiger partial charge in [0.1, 0.15) is 29.3 Å². The molecule has 0 spiro atoms. The SMILES string of the molecule is CCOc1cc(/C=C(\C#N)C(=O)Nc2sc3c(c2C#N)CCCC3)ccc1OCc1ccc2ccccc2c1. The van der Waals surface area contributed by atoms with Crippen molar-refractivity contribution in [1.29, 1.82) is 10.5 Å². The maximum atomic E-state index is 13.0. The van der Waals surface area contributed by atoms with E-state index in [2.05, 4.69) is 35.7 Å². The summed E-state index contributed by atoms with van der Waals surface area (Å²) in [6.07, 6.45) is 5.41. The van der Waals surface area contributed by atoms with E-state index in [1.54, 1.807) is 18.2 Å². The van der Waals surface area contributed by atoms with Crippen LogP contribution >= 0.6 is 11.3 Å². The van der Waals surface area contributed by atoms with E-state index in [1.165, 1.54) is 22.8 Å². The van der Waals surface area contributed by atoms with E-state index >= 15 is 0 Å². The molecular weight excluding hydrogens is 506 g/mol. The van der Waals surface area contributed by atoms with Gasteiger partial charge in [-0.2, -0.15) is 10.5 Å². The number of rotatable bonds is 8. The molecule has 0 fully saturated rings. The second-order valence-corrected chi connectivity index (χ2v) is 10.4. The minimum absolute atomic E-state index is 0.0578. The van der Waals surface area contributed by atoms with Gasteiger partial charge in [-0.05, 0) is 84.3 Å². The molecule has 1 heterocycles. The zero-order valence-corrected chi connectivity index (χ0v) is 22.4. The summed E-state index contributed by atoms with van der Waals surface area (Å²) in [6.45, 7) is 2.69. The Labute approximate surface area is 231 Å². The van der Waals surface area contributed by atoms with Gasteiger partial charge in [0.05, 0.1) is 12.2 Å². The van der Waals surface area contributed by atoms with Gasteiger partial charge < -0.3 is 14.8 Å². The van der Waals surface area contributed by atoms with Gasteiger partial charge in [0.15, 0.2) is 11.5 Å². The summed E-state index contributed by atoms with van der Waals surface area (Å²) >= 11 is 1.44. The third kappa shape index (κ3) is 5.80. The second kappa shape index (κ2) is 11.9. The van der Waals surface area contributed by atoms with E-state index in [4.69, 9.17) is 9.47 Å². The van der Waals surface area contributed by atoms with Gasteiger partial charge in [0.25, 0.3) is 5.91 Å². The van der Waals surface area contributed by atoms with Crippen molar-refractivity contribution in [1.82, 2.24) is 0 Å². The third-order valence-electron chi connectivity index (χ3n) is 6.66. The monoisotopic (exact) mass is 533 g/mol. The van der Waals surface area contributed by atoms with Gasteiger partial charge in [-0.3, -0.25) is 4.79 Å². The minimum atomic E-state index is -0.540. The van der Waals surface area contributed by atoms with Gasteiger partial charge in [-0.15, -0.1) is 11.3 Å². The Kier molecular flexibility index (Phi) is 7.91. The fraction of sp³-hybridized carbons (Fsp3) is 0.219. The number of nitriles is 2. The molecule has 1 aliphatic rings. The molecule has 4 aromatic rings. The lowest BCUT2D eigenvalue weighted by molar-refractivity contribution is -0.112. The summed E-state index contributed by atoms with van der Waals surface area (Å²) in [7, 11) is 0. The van der Waals surface area contributed by atoms with Crippen molar-refractivity contribution in [3.63, 3.8) is 0 Å². The van der Waals surface area contributed by atoms with Crippen LogP contribution in [0, 0.1) is 22.7 Å². The Balaban J connectivity index is 1.33. The number of ether oxygens (including phenoxy) is 2. The number of aryl methyl sites for hydroxylation is 1. The molecule has 1 N–H and O–H groups in total. The largest absolute Gasteiger partial charge is 0.490 e. The Hall–Kier alpha value is -4.59. The molecule has 0 aliphatic heterocycles. The molecule has 1 amide bonds. The average Bonchev–Trinajstić information content (AvgIpc) is 3.32. The average molecular weight is 534 g/mol. The summed E-state index contributed by atoms with van der Waals surface area (Å²) in [5, 5.41) is 25.1. The number of benzene rings is 3. The predicted octanol–water partition coefficient (Wildman–Crippen LogP) is 7.18. The minimum Gasteiger partial charge on any atom is -0.490 e. The van der Waals surface area contributed by atoms with Crippen LogP contribution in [0.15, 0.2) is 66.2 Å². The lowest BCUT2D eigenvalue weighted by atomic mass is 9.96. The van der Waals surface area contributed by atoms with Crippen LogP contribution in [0.25, 0.3) is 16.8 Å². The van der Waals surface area contributed by atoms with Crippen molar-refractivity contribution >= 4 is 39.1 Å². The van der Waals surface area contributed by atoms with Crippen LogP contribution < -0.4 is 14.8 Å². The Morgan fingerprint density at radius 1 is 1.00 bits per heavy atom. The fourth-order valence-electron chi connectivity index (χ4n) is 4.75. The smallest absolute Gasteiger partial charge is 0.266 e. The highest BCUT2D eigenvalue weighted by molar-refractivity contribution is 7.16. The number of carbonyl (C=O) groups excluding carboxylic acids is 1. The summed E-state index contributed by atoms with van der Waals surface area (Å²) < 4.78 is 11.9. The Morgan fingerprint density at radius 3 is 2.62 bits per heavy atom. The number of amides is 1. The summed E-state index contributed by atoms with van der Waals surface area (Å²) in [5.74, 6) is 0.567. The molecular formula is C32H27N3O3S. The van der Waals surface area contributed by atoms with E-state index in [1.807, 2.05) is 31.2 Å². The third-order valence-corrected chi connectivity index (χ3v) is 7.87. The number of nitrogens with one attached hydrogen (secondary N) is 1. The fourth-order valence-corrected chi connectivity index (χ4v) is 5.98. The van der Waals surface area contributed by atoms with Crippen molar-refractivity contribution in [3.05, 3.63) is 93.4 Å². The Bertz CT molecular complexity index is 1660. The molecule has 0 atom stereocenters. The van der Waals surface area contributed by atoms with Crippen LogP contribution in [0.5, 0.6) is 11.5 Å². The first-order valence-electron chi connectivity index (χ1n) is 12.9. The predicted molar refractivity (Wildman–Crippen MR) is 154 cm³/mol. The quantitative estimate of drug-likeness (QED) is 0.191. The van der Waals surface area contributed by atoms with Gasteiger partial charge in [0.2, 0.25) is 0 Å². The molecule has 194 valence electrons. The molecule has 0 unspecified atom stereocenters. The van der Waals surface area contributed by atoms with Gasteiger partial charge >= 0.3 is 0 Å². The lowest BCUT2D eigenvalue weighted by Crippen LogP contribution is -2.13. The highest BCUT2D eigenvalue weighted by Crippen LogP contribution is 2.38. The Morgan fingerprint density at radius 2 is 1.82 bits per heavy atom. The first kappa shape index (κ1) is 26.0. The van der Waals surface area contributed by atoms with E-state index < -0.39 is 5.91 Å². The van der Waals surface area contributed by atoms with Crippen LogP contribution in [-0.2, 0) is 24.2 Å². The van der Waals surface area contributed by atoms with E-state index in [-0.39, 0.29) is 5.57 Å². The van der Waals surface area contributed by atoms with Crippen molar-refractivity contribution < 1.29 is 14.3 Å². The molecule has 0 saturated carbocycles. The highest BCUT2D eigenvalue weighted by Gasteiger charge is 2.23. The summed E-state index contributed by atoms with van der Waals surface area (Å²) in [6, 6.07) is 24.0. The van der Waals surface area contributed by atoms with E-state index in [0.29, 0.717) is 40.8 Å². The molecule has 1 aliphatic carbocycles. The van der Waals surface area contributed by atoms with Crippen molar-refractivity contribution in [2.24, 2.45) is 0 Å². The zero-order valence-electron chi connectivity index (χ0n) is 21.6. The molecule has 3 aromatic carbocycles. The van der Waals surface area contributed by atoms with Crippen molar-refractivity contribution in [3.8, 4) is 23.6 Å². The first-order chi connectivity index (χ1) is 19.1. The summed E-state index contributed by atoms with van der Waals surface area (Å²) in [5.41, 5.74) is 3.17. The highest BCUT2D eigenvalue weighted by atomic mass is 32.1. The number of carbonyl (C=O) groups is 1. The maximum Gasteiger partial charge on any atom is 0.266 e. The van der Waals surface area contributed by atoms with Crippen LogP contribution in [0.2, 0.25) is 0 Å². The topological polar surface area (TPSA) is 95.1 Å². The van der Waals surface area contributed by atoms with Crippen molar-refractivity contribution in [2.45, 2.75) is 39.2 Å². The number of thiophene rings is 1. The maximum absolute atomic E-state index is 13.0. The number of fused-ring (bicyclic) bond motifs is 2. The number of hydrogen-bond donors (Lipinski definition) is 1. The van der Waals surface area contributed by atoms with Gasteiger partial charge in [-0.25, -0.2) is 0 Å². The van der Waals surface area contributed by atoms with Crippen LogP contribution in [-0.4, -0.2) is 12.5 Å². The number of anilines is 1. The standard InChI is InChI=1S/C32H27N3O3S/c1-2-37-29-17-21(12-14-28(29)38-20-22-11-13-23-7-3-4-8-24(23)16-22)15-25(18-33)31(36)35-32-27(19-34)26-9-5-6-10-30(26)39-32/h3-4,7-8,11-17H,2,5-6,9-10,20H2,1H3,(H,35,36)/b25-15+. The molecule has 39 heavy (non-hydrogen) atoms. The molecule has 6 nitrogen and oxygen atoms in total. The molecule has 5 rings (SSSR count). The second-order valence-electron chi connectivity index (χ2n) is 9.26. The molecule has 7 heteroatoms.